The Kier molecular flexibility index (Phi) is 15.9. The van der Waals surface area contributed by atoms with E-state index in [0.29, 0.717) is 61.1 Å². The van der Waals surface area contributed by atoms with Gasteiger partial charge in [0.05, 0.1) is 44.4 Å². The molecule has 17 rings (SSSR count). The van der Waals surface area contributed by atoms with E-state index >= 15 is 0 Å². The Morgan fingerprint density at radius 3 is 0.797 bits per heavy atom. The van der Waals surface area contributed by atoms with Gasteiger partial charge in [-0.1, -0.05) is 345 Å². The van der Waals surface area contributed by atoms with Crippen LogP contribution in [0.5, 0.6) is 0 Å². The van der Waals surface area contributed by atoms with Gasteiger partial charge in [0.15, 0.2) is 0 Å². The number of hydrogen-bond acceptors (Lipinski definition) is 2. The zero-order valence-corrected chi connectivity index (χ0v) is 80.0. The van der Waals surface area contributed by atoms with Crippen molar-refractivity contribution in [1.82, 2.24) is 9.13 Å². The molecule has 656 valence electrons. The van der Waals surface area contributed by atoms with Gasteiger partial charge in [0, 0.05) is 103 Å². The molecule has 4 heterocycles. The molecule has 2 aliphatic heterocycles. The van der Waals surface area contributed by atoms with Crippen LogP contribution in [0.15, 0.2) is 255 Å². The topological polar surface area (TPSA) is 16.3 Å². The zero-order chi connectivity index (χ0) is 114. The Bertz CT molecular complexity index is 7620. The van der Waals surface area contributed by atoms with Crippen LogP contribution in [0, 0.1) is 48.7 Å². The van der Waals surface area contributed by atoms with Crippen LogP contribution in [-0.2, 0) is 57.4 Å². The van der Waals surface area contributed by atoms with E-state index in [0.717, 1.165) is 0 Å². The van der Waals surface area contributed by atoms with Crippen molar-refractivity contribution in [3.8, 4) is 55.9 Å². The maximum atomic E-state index is 11.4. The maximum absolute atomic E-state index is 11.4. The summed E-state index contributed by atoms with van der Waals surface area (Å²) in [5.74, 6) is 0. The summed E-state index contributed by atoms with van der Waals surface area (Å²) in [6.07, 6.45) is -19.5. The van der Waals surface area contributed by atoms with Crippen LogP contribution >= 0.6 is 0 Å². The van der Waals surface area contributed by atoms with Crippen LogP contribution < -0.4 is 26.2 Å². The quantitative estimate of drug-likeness (QED) is 0.0845. The lowest BCUT2D eigenvalue weighted by Crippen LogP contribution is -2.61. The average Bonchev–Trinajstić information content (AvgIpc) is 0.866. The standard InChI is InChI=1S/C123H141BN4/c1-115(2,3)70-79-36-32-40-88(56-79)96-62-85(76-121(19,20)21)63-97(89-41-33-37-80(57-89)71-116(4,5)6)113(96)127-108-68-92(125-104-46-30-28-44-94(104)100-60-83(48-54-106(100)125)74-119(13,14)15)50-52-102(108)124-103-53-51-93(126-105-47-31-29-45-95(105)101-61-84(49-55-107(101)126)75-120(16,17)18)69-109(103)128(111-67-87(78-123(25,26)27)66-110(127)112(111)124)114-98(90-42-34-38-81(58-90)72-117(7,8)9)64-86(77-122(22,23)24)65-99(114)91-43-35-39-82(59-91)73-118(10,11)12/h28-69H,70-78H2,1-27H3/i28D,29D,30D,31D,44D,45D,46D,47D,70D2,71D2,72D2,73D2,74D2,75D2,76D2,77D2,78D2. The molecule has 0 amide bonds. The number of fused-ring (bicyclic) bond motifs is 10. The van der Waals surface area contributed by atoms with E-state index in [9.17, 15) is 35.6 Å². The van der Waals surface area contributed by atoms with E-state index in [1.807, 2.05) is 166 Å². The monoisotopic (exact) mass is 1710 g/mol. The van der Waals surface area contributed by atoms with Crippen molar-refractivity contribution in [2.45, 2.75) is 244 Å². The number of anilines is 6. The smallest absolute Gasteiger partial charge is 0.252 e. The Morgan fingerprint density at radius 2 is 0.508 bits per heavy atom. The number of rotatable bonds is 17. The molecular weight excluding hydrogens is 1540 g/mol. The highest BCUT2D eigenvalue weighted by Gasteiger charge is 2.47. The molecule has 0 saturated heterocycles. The highest BCUT2D eigenvalue weighted by Crippen LogP contribution is 2.56. The highest BCUT2D eigenvalue weighted by molar-refractivity contribution is 7.00. The average molecular weight is 1710 g/mol. The summed E-state index contributed by atoms with van der Waals surface area (Å²) in [5, 5.41) is 0.721. The minimum absolute atomic E-state index is 0.0174. The van der Waals surface area contributed by atoms with Crippen molar-refractivity contribution in [2.75, 3.05) is 9.80 Å². The molecule has 2 aliphatic rings. The van der Waals surface area contributed by atoms with E-state index in [4.69, 9.17) is 0 Å². The molecule has 0 aliphatic carbocycles. The first-order chi connectivity index (χ1) is 70.3. The van der Waals surface area contributed by atoms with Crippen molar-refractivity contribution in [3.63, 3.8) is 0 Å². The minimum Gasteiger partial charge on any atom is -0.310 e. The summed E-state index contributed by atoms with van der Waals surface area (Å²) < 4.78 is 269. The van der Waals surface area contributed by atoms with Gasteiger partial charge in [-0.2, -0.15) is 0 Å². The first-order valence-corrected chi connectivity index (χ1v) is 45.3. The summed E-state index contributed by atoms with van der Waals surface area (Å²) in [4.78, 5) is 4.04. The van der Waals surface area contributed by atoms with Crippen LogP contribution in [0.2, 0.25) is 0 Å². The highest BCUT2D eigenvalue weighted by atomic mass is 15.2. The maximum Gasteiger partial charge on any atom is 0.252 e. The second-order valence-corrected chi connectivity index (χ2v) is 44.6. The van der Waals surface area contributed by atoms with Gasteiger partial charge in [-0.3, -0.25) is 0 Å². The van der Waals surface area contributed by atoms with Crippen LogP contribution in [0.4, 0.5) is 34.1 Å². The molecule has 0 spiro atoms. The molecular formula is C123H141BN4. The summed E-state index contributed by atoms with van der Waals surface area (Å²) in [5.41, 5.74) is -1.40. The predicted molar refractivity (Wildman–Crippen MR) is 559 cm³/mol. The van der Waals surface area contributed by atoms with Crippen molar-refractivity contribution >= 4 is 101 Å². The molecule has 5 heteroatoms. The van der Waals surface area contributed by atoms with Crippen molar-refractivity contribution in [2.24, 2.45) is 48.7 Å². The van der Waals surface area contributed by atoms with Gasteiger partial charge in [0.2, 0.25) is 0 Å². The molecule has 0 saturated carbocycles. The van der Waals surface area contributed by atoms with Crippen LogP contribution in [0.25, 0.3) is 99.5 Å². The van der Waals surface area contributed by atoms with E-state index in [1.165, 1.54) is 0 Å². The summed E-state index contributed by atoms with van der Waals surface area (Å²) in [6.45, 7) is 47.4. The van der Waals surface area contributed by atoms with Gasteiger partial charge in [0.25, 0.3) is 6.71 Å². The first kappa shape index (κ1) is 62.4. The lowest BCUT2D eigenvalue weighted by Gasteiger charge is -2.46. The molecule has 2 aromatic heterocycles. The first-order valence-electron chi connectivity index (χ1n) is 58.3. The lowest BCUT2D eigenvalue weighted by atomic mass is 9.33. The molecule has 0 fully saturated rings. The lowest BCUT2D eigenvalue weighted by molar-refractivity contribution is 0.410. The van der Waals surface area contributed by atoms with Gasteiger partial charge in [-0.15, -0.1) is 0 Å². The summed E-state index contributed by atoms with van der Waals surface area (Å²) in [7, 11) is 0. The summed E-state index contributed by atoms with van der Waals surface area (Å²) in [6, 6.07) is 56.7. The van der Waals surface area contributed by atoms with Gasteiger partial charge in [-0.05, 0) is 292 Å². The number of nitrogens with zero attached hydrogens (tertiary/aromatic N) is 4. The third-order valence-electron chi connectivity index (χ3n) is 22.4. The summed E-state index contributed by atoms with van der Waals surface area (Å²) >= 11 is 0. The number of hydrogen-bond donors (Lipinski definition) is 0. The minimum atomic E-state index is -2.48. The Hall–Kier alpha value is -10.9. The van der Waals surface area contributed by atoms with Gasteiger partial charge >= 0.3 is 0 Å². The van der Waals surface area contributed by atoms with E-state index in [2.05, 4.69) is 0 Å². The molecule has 128 heavy (non-hydrogen) atoms. The SMILES string of the molecule is [2H]c1c([2H])c([2H])c2c(c1[2H])c1cc(C([2H])([2H])C(C)(C)C)ccc1n2-c1ccc2c(c1)N(c1c(-c3cccc(C([2H])([2H])C(C)(C)C)c3)cc(C([2H])([2H])C(C)(C)C)cc1-c1cccc(C([2H])([2H])C(C)(C)C)c1)c1cc(C([2H])([2H])C(C)(C)C)cc3c1B2c1ccc(-n2c4ccc(C([2H])([2H])C(C)(C)C)cc4c4c([2H])c([2H])c([2H])c([2H])c42)cc1N3c1c(-c2cccc(C([2H])([2H])C(C)(C)C)c2)cc(C([2H])([2H])C(C)(C)C)cc1-c1cccc(C([2H])([2H])C(C)(C)C)c1. The Labute approximate surface area is 805 Å². The van der Waals surface area contributed by atoms with Gasteiger partial charge < -0.3 is 18.9 Å². The van der Waals surface area contributed by atoms with Gasteiger partial charge in [-0.25, -0.2) is 0 Å². The third-order valence-corrected chi connectivity index (χ3v) is 22.4. The van der Waals surface area contributed by atoms with Gasteiger partial charge in [0.1, 0.15) is 0 Å². The number of para-hydroxylation sites is 2. The predicted octanol–water partition coefficient (Wildman–Crippen LogP) is 32.9. The van der Waals surface area contributed by atoms with Crippen molar-refractivity contribution < 1.29 is 35.6 Å². The van der Waals surface area contributed by atoms with E-state index in [-0.39, 0.29) is 139 Å². The fourth-order valence-electron chi connectivity index (χ4n) is 18.7. The van der Waals surface area contributed by atoms with Crippen LogP contribution in [0.1, 0.15) is 273 Å². The molecule has 13 aromatic carbocycles. The fraction of sp³-hybridized carbons (Fsp3) is 0.366. The number of benzene rings is 13. The molecule has 0 bridgehead atoms. The molecule has 0 N–H and O–H groups in total. The Balaban J connectivity index is 1.19. The van der Waals surface area contributed by atoms with Crippen molar-refractivity contribution in [1.29, 1.82) is 0 Å². The fourth-order valence-corrected chi connectivity index (χ4v) is 18.7. The Morgan fingerprint density at radius 1 is 0.242 bits per heavy atom. The van der Waals surface area contributed by atoms with E-state index in [1.54, 1.807) is 246 Å². The van der Waals surface area contributed by atoms with Crippen LogP contribution in [-0.4, -0.2) is 15.8 Å². The largest absolute Gasteiger partial charge is 0.310 e. The molecule has 0 radical (unpaired) electrons. The molecule has 0 unspecified atom stereocenters. The van der Waals surface area contributed by atoms with Crippen LogP contribution in [0.3, 0.4) is 0 Å². The normalized spacial score (nSPS) is 17.6. The third kappa shape index (κ3) is 19.1. The second-order valence-electron chi connectivity index (χ2n) is 44.6. The zero-order valence-electron chi connectivity index (χ0n) is 106. The number of aromatic nitrogens is 2. The van der Waals surface area contributed by atoms with E-state index < -0.39 is 161 Å². The second kappa shape index (κ2) is 32.6. The van der Waals surface area contributed by atoms with Crippen molar-refractivity contribution in [3.05, 3.63) is 305 Å². The molecule has 0 atom stereocenters. The molecule has 15 aromatic rings. The molecule has 4 nitrogen and oxygen atoms in total.